The molecule has 1 unspecified atom stereocenters. The van der Waals surface area contributed by atoms with E-state index in [1.807, 2.05) is 53.4 Å². The highest BCUT2D eigenvalue weighted by atomic mass is 16.4. The topological polar surface area (TPSA) is 365 Å². The van der Waals surface area contributed by atoms with Crippen LogP contribution < -0.4 is 26.6 Å². The van der Waals surface area contributed by atoms with Gasteiger partial charge in [-0.25, -0.2) is 14.4 Å². The molecule has 0 spiro atoms. The van der Waals surface area contributed by atoms with E-state index >= 15 is 0 Å². The zero-order valence-corrected chi connectivity index (χ0v) is 44.1. The normalized spacial score (nSPS) is 21.0. The maximum atomic E-state index is 14.3. The highest BCUT2D eigenvalue weighted by Crippen LogP contribution is 2.41. The third-order valence-electron chi connectivity index (χ3n) is 15.1. The van der Waals surface area contributed by atoms with Crippen LogP contribution in [-0.2, 0) is 49.6 Å². The quantitative estimate of drug-likeness (QED) is 0.0491. The van der Waals surface area contributed by atoms with Crippen LogP contribution in [0.5, 0.6) is 0 Å². The maximum Gasteiger partial charge on any atom is 0.326 e. The van der Waals surface area contributed by atoms with E-state index in [4.69, 9.17) is 5.11 Å². The van der Waals surface area contributed by atoms with Crippen molar-refractivity contribution in [2.75, 3.05) is 91.6 Å². The lowest BCUT2D eigenvalue weighted by molar-refractivity contribution is -0.141. The van der Waals surface area contributed by atoms with Crippen molar-refractivity contribution in [1.29, 1.82) is 0 Å². The lowest BCUT2D eigenvalue weighted by Crippen LogP contribution is -2.51. The first kappa shape index (κ1) is 60.7. The van der Waals surface area contributed by atoms with Crippen LogP contribution in [0, 0.1) is 23.7 Å². The Balaban J connectivity index is 1.05. The van der Waals surface area contributed by atoms with Gasteiger partial charge in [0.15, 0.2) is 0 Å². The Hall–Kier alpha value is -7.48. The average Bonchev–Trinajstić information content (AvgIpc) is 4.25. The second-order valence-corrected chi connectivity index (χ2v) is 20.9. The predicted octanol–water partition coefficient (Wildman–Crippen LogP) is 0.631. The fourth-order valence-electron chi connectivity index (χ4n) is 10.6. The molecular formula is C54H73N9O16. The first-order chi connectivity index (χ1) is 37.7. The van der Waals surface area contributed by atoms with Crippen molar-refractivity contribution in [2.24, 2.45) is 23.7 Å². The Bertz CT molecular complexity index is 2600. The molecule has 3 aromatic rings. The van der Waals surface area contributed by atoms with Crippen LogP contribution in [0.25, 0.3) is 21.5 Å². The van der Waals surface area contributed by atoms with Crippen LogP contribution in [0.3, 0.4) is 0 Å². The monoisotopic (exact) mass is 1100 g/mol. The van der Waals surface area contributed by atoms with Crippen molar-refractivity contribution in [3.63, 3.8) is 0 Å². The number of carbonyl (C=O) groups is 10. The summed E-state index contributed by atoms with van der Waals surface area (Å²) < 4.78 is 0. The lowest BCUT2D eigenvalue weighted by atomic mass is 9.81. The fraction of sp³-hybridized carbons (Fsp3) is 0.556. The molecule has 0 bridgehead atoms. The van der Waals surface area contributed by atoms with Crippen LogP contribution in [-0.4, -0.2) is 220 Å². The summed E-state index contributed by atoms with van der Waals surface area (Å²) in [7, 11) is 0. The molecule has 3 aromatic carbocycles. The maximum absolute atomic E-state index is 14.3. The van der Waals surface area contributed by atoms with Gasteiger partial charge in [0.2, 0.25) is 17.7 Å². The number of urea groups is 1. The van der Waals surface area contributed by atoms with E-state index in [0.29, 0.717) is 51.7 Å². The van der Waals surface area contributed by atoms with Gasteiger partial charge in [-0.3, -0.25) is 53.2 Å². The van der Waals surface area contributed by atoms with Gasteiger partial charge in [-0.1, -0.05) is 48.5 Å². The number of fused-ring (bicyclic) bond motifs is 2. The molecule has 6 rings (SSSR count). The van der Waals surface area contributed by atoms with Gasteiger partial charge in [0, 0.05) is 84.2 Å². The Labute approximate surface area is 456 Å². The molecule has 3 fully saturated rings. The number of carbonyl (C=O) groups excluding carboxylic acids is 4. The minimum absolute atomic E-state index is 0.0216. The summed E-state index contributed by atoms with van der Waals surface area (Å²) >= 11 is 0. The molecule has 3 aliphatic rings. The molecule has 79 heavy (non-hydrogen) atoms. The number of amides is 5. The van der Waals surface area contributed by atoms with E-state index in [-0.39, 0.29) is 114 Å². The number of rotatable bonds is 26. The second-order valence-electron chi connectivity index (χ2n) is 20.9. The number of nitrogens with zero attached hydrogens (tertiary/aromatic N) is 4. The highest BCUT2D eigenvalue weighted by molar-refractivity contribution is 6.03. The van der Waals surface area contributed by atoms with Crippen LogP contribution in [0.4, 0.5) is 4.79 Å². The van der Waals surface area contributed by atoms with E-state index in [9.17, 15) is 73.5 Å². The van der Waals surface area contributed by atoms with E-state index in [1.165, 1.54) is 0 Å². The van der Waals surface area contributed by atoms with E-state index in [1.54, 1.807) is 14.7 Å². The standard InChI is InChI=1S/C54H73N9O16/c64-45(29-60-15-17-61(30-47(67)68)19-21-63(32-49(71)72)22-20-62(18-16-60)31-48(69)70)55-27-33-9-11-34(12-10-33)50(73)57-43(26-41-39-7-3-1-5-35(39)23-36-6-2-4-8-40(36)41)51(74)56-28-38-24-37(38)25-44(53(77)78)59-54(79)58-42(52(75)76)13-14-46(65)66/h1-8,23,33-34,37-38,42-44H,9-22,24-32H2,(H,55,64)(H,56,74)(H,57,73)(H,65,66)(H,67,68)(H,69,70)(H,71,72)(H,75,76)(H,77,78)(H2,58,59,79)/t33?,34?,37?,38-,42-,43-,44-/m0/s1. The summed E-state index contributed by atoms with van der Waals surface area (Å²) in [4.78, 5) is 131. The molecule has 2 aliphatic carbocycles. The number of carboxylic acids is 6. The number of benzene rings is 3. The van der Waals surface area contributed by atoms with Gasteiger partial charge in [-0.15, -0.1) is 0 Å². The Morgan fingerprint density at radius 1 is 0.519 bits per heavy atom. The van der Waals surface area contributed by atoms with Crippen molar-refractivity contribution in [3.8, 4) is 0 Å². The number of nitrogens with one attached hydrogen (secondary N) is 5. The lowest BCUT2D eigenvalue weighted by Gasteiger charge is -2.33. The molecule has 25 heteroatoms. The SMILES string of the molecule is O=C(O)CC[C@H](NC(=O)N[C@@H](CC1C[C@H]1CNC(=O)[C@H](Cc1c2ccccc2cc2ccccc12)NC(=O)C1CCC(CNC(=O)CN2CCN(CC(=O)O)CCN(CC(=O)O)CCN(CC(=O)O)CC2)CC1)C(=O)O)C(=O)O. The molecule has 5 amide bonds. The third kappa shape index (κ3) is 19.7. The van der Waals surface area contributed by atoms with Gasteiger partial charge in [0.1, 0.15) is 18.1 Å². The number of hydrogen-bond acceptors (Lipinski definition) is 14. The molecule has 1 heterocycles. The van der Waals surface area contributed by atoms with E-state index < -0.39 is 84.6 Å². The van der Waals surface area contributed by atoms with Crippen LogP contribution >= 0.6 is 0 Å². The minimum atomic E-state index is -1.56. The first-order valence-electron chi connectivity index (χ1n) is 26.7. The van der Waals surface area contributed by atoms with Crippen LogP contribution in [0.1, 0.15) is 56.9 Å². The van der Waals surface area contributed by atoms with Crippen molar-refractivity contribution in [1.82, 2.24) is 46.2 Å². The summed E-state index contributed by atoms with van der Waals surface area (Å²) in [5.74, 6) is -9.04. The fourth-order valence-corrected chi connectivity index (χ4v) is 10.6. The molecule has 1 aliphatic heterocycles. The van der Waals surface area contributed by atoms with E-state index in [2.05, 4.69) is 32.7 Å². The zero-order valence-electron chi connectivity index (χ0n) is 44.1. The van der Waals surface area contributed by atoms with Crippen molar-refractivity contribution < 1.29 is 78.6 Å². The average molecular weight is 1100 g/mol. The summed E-state index contributed by atoms with van der Waals surface area (Å²) in [6.07, 6.45) is 1.92. The molecular weight excluding hydrogens is 1030 g/mol. The summed E-state index contributed by atoms with van der Waals surface area (Å²) in [5.41, 5.74) is 0.867. The van der Waals surface area contributed by atoms with Crippen molar-refractivity contribution in [3.05, 3.63) is 60.2 Å². The highest BCUT2D eigenvalue weighted by Gasteiger charge is 2.41. The smallest absolute Gasteiger partial charge is 0.326 e. The van der Waals surface area contributed by atoms with Gasteiger partial charge in [-0.2, -0.15) is 0 Å². The molecule has 430 valence electrons. The van der Waals surface area contributed by atoms with Crippen LogP contribution in [0.2, 0.25) is 0 Å². The second kappa shape index (κ2) is 29.5. The molecule has 2 saturated carbocycles. The van der Waals surface area contributed by atoms with Crippen LogP contribution in [0.15, 0.2) is 54.6 Å². The Morgan fingerprint density at radius 2 is 1.00 bits per heavy atom. The van der Waals surface area contributed by atoms with Gasteiger partial charge >= 0.3 is 41.8 Å². The largest absolute Gasteiger partial charge is 0.481 e. The van der Waals surface area contributed by atoms with E-state index in [0.717, 1.165) is 27.1 Å². The van der Waals surface area contributed by atoms with Crippen molar-refractivity contribution >= 4 is 81.1 Å². The molecule has 1 saturated heterocycles. The molecule has 5 atom stereocenters. The molecule has 0 aromatic heterocycles. The van der Waals surface area contributed by atoms with Gasteiger partial charge in [0.25, 0.3) is 0 Å². The third-order valence-corrected chi connectivity index (χ3v) is 15.1. The number of aliphatic carboxylic acids is 6. The van der Waals surface area contributed by atoms with Gasteiger partial charge in [0.05, 0.1) is 26.2 Å². The predicted molar refractivity (Wildman–Crippen MR) is 285 cm³/mol. The Kier molecular flexibility index (Phi) is 22.7. The zero-order chi connectivity index (χ0) is 57.2. The summed E-state index contributed by atoms with van der Waals surface area (Å²) in [6.45, 7) is 1.74. The molecule has 0 radical (unpaired) electrons. The number of hydrogen-bond donors (Lipinski definition) is 11. The summed E-state index contributed by atoms with van der Waals surface area (Å²) in [6, 6.07) is 12.6. The van der Waals surface area contributed by atoms with Gasteiger partial charge in [-0.05, 0) is 95.9 Å². The molecule has 25 nitrogen and oxygen atoms in total. The minimum Gasteiger partial charge on any atom is -0.481 e. The molecule has 11 N–H and O–H groups in total. The summed E-state index contributed by atoms with van der Waals surface area (Å²) in [5, 5.41) is 74.1. The van der Waals surface area contributed by atoms with Gasteiger partial charge < -0.3 is 57.2 Å². The first-order valence-corrected chi connectivity index (χ1v) is 26.7. The Morgan fingerprint density at radius 3 is 1.48 bits per heavy atom. The number of carboxylic acid groups (broad SMARTS) is 6. The van der Waals surface area contributed by atoms with Crippen molar-refractivity contribution in [2.45, 2.75) is 75.9 Å².